The number of ether oxygens (including phenoxy) is 1. The first-order valence-electron chi connectivity index (χ1n) is 7.11. The lowest BCUT2D eigenvalue weighted by Crippen LogP contribution is -2.32. The number of anilines is 2. The molecule has 0 aliphatic heterocycles. The molecule has 2 aromatic carbocycles. The summed E-state index contributed by atoms with van der Waals surface area (Å²) in [6.07, 6.45) is 0. The van der Waals surface area contributed by atoms with Gasteiger partial charge in [-0.1, -0.05) is 12.1 Å². The molecule has 0 radical (unpaired) electrons. The highest BCUT2D eigenvalue weighted by molar-refractivity contribution is 5.97. The summed E-state index contributed by atoms with van der Waals surface area (Å²) in [7, 11) is 1.57. The lowest BCUT2D eigenvalue weighted by molar-refractivity contribution is -0.116. The number of carbonyl (C=O) groups excluding carboxylic acids is 2. The van der Waals surface area contributed by atoms with Crippen molar-refractivity contribution in [1.29, 1.82) is 0 Å². The molecule has 2 rings (SSSR count). The van der Waals surface area contributed by atoms with Crippen molar-refractivity contribution < 1.29 is 14.3 Å². The highest BCUT2D eigenvalue weighted by atomic mass is 16.5. The Morgan fingerprint density at radius 3 is 2.35 bits per heavy atom. The third-order valence-corrected chi connectivity index (χ3v) is 3.31. The Hall–Kier alpha value is -3.02. The molecule has 2 aromatic rings. The van der Waals surface area contributed by atoms with E-state index < -0.39 is 11.9 Å². The number of amides is 2. The van der Waals surface area contributed by atoms with Crippen LogP contribution in [-0.4, -0.2) is 25.0 Å². The number of primary amides is 1. The minimum Gasteiger partial charge on any atom is -0.495 e. The van der Waals surface area contributed by atoms with Crippen LogP contribution in [0.5, 0.6) is 5.75 Å². The standard InChI is InChI=1S/C17H19N3O3/c1-11(19-14-5-3-4-6-15(14)23-2)17(22)20-13-9-7-12(8-10-13)16(18)21/h3-11,19H,1-2H3,(H2,18,21)(H,20,22)/t11-/m0/s1. The van der Waals surface area contributed by atoms with Crippen LogP contribution in [-0.2, 0) is 4.79 Å². The van der Waals surface area contributed by atoms with E-state index in [1.165, 1.54) is 0 Å². The molecule has 120 valence electrons. The van der Waals surface area contributed by atoms with Gasteiger partial charge in [0, 0.05) is 11.3 Å². The summed E-state index contributed by atoms with van der Waals surface area (Å²) in [5.74, 6) is -0.0465. The smallest absolute Gasteiger partial charge is 0.248 e. The molecule has 6 heteroatoms. The molecule has 0 saturated heterocycles. The van der Waals surface area contributed by atoms with E-state index in [1.807, 2.05) is 24.3 Å². The monoisotopic (exact) mass is 313 g/mol. The minimum atomic E-state index is -0.505. The highest BCUT2D eigenvalue weighted by Crippen LogP contribution is 2.24. The third kappa shape index (κ3) is 4.23. The van der Waals surface area contributed by atoms with Crippen LogP contribution in [0.3, 0.4) is 0 Å². The number of hydrogen-bond donors (Lipinski definition) is 3. The first kappa shape index (κ1) is 16.4. The molecule has 1 atom stereocenters. The molecule has 6 nitrogen and oxygen atoms in total. The van der Waals surface area contributed by atoms with E-state index in [0.29, 0.717) is 17.0 Å². The molecule has 2 amide bonds. The maximum atomic E-state index is 12.2. The van der Waals surface area contributed by atoms with E-state index in [-0.39, 0.29) is 5.91 Å². The number of benzene rings is 2. The number of para-hydroxylation sites is 2. The molecule has 0 saturated carbocycles. The fraction of sp³-hybridized carbons (Fsp3) is 0.176. The summed E-state index contributed by atoms with van der Waals surface area (Å²) < 4.78 is 5.24. The summed E-state index contributed by atoms with van der Waals surface area (Å²) >= 11 is 0. The maximum Gasteiger partial charge on any atom is 0.248 e. The number of carbonyl (C=O) groups is 2. The van der Waals surface area contributed by atoms with Crippen LogP contribution in [0.1, 0.15) is 17.3 Å². The van der Waals surface area contributed by atoms with Crippen molar-refractivity contribution in [2.24, 2.45) is 5.73 Å². The van der Waals surface area contributed by atoms with Gasteiger partial charge in [-0.25, -0.2) is 0 Å². The molecule has 0 aliphatic carbocycles. The number of nitrogens with two attached hydrogens (primary N) is 1. The molecule has 0 fully saturated rings. The molecule has 0 unspecified atom stereocenters. The van der Waals surface area contributed by atoms with Crippen molar-refractivity contribution in [1.82, 2.24) is 0 Å². The van der Waals surface area contributed by atoms with Crippen molar-refractivity contribution in [2.75, 3.05) is 17.7 Å². The van der Waals surface area contributed by atoms with Gasteiger partial charge >= 0.3 is 0 Å². The Labute approximate surface area is 134 Å². The van der Waals surface area contributed by atoms with Crippen molar-refractivity contribution in [3.05, 3.63) is 54.1 Å². The summed E-state index contributed by atoms with van der Waals surface area (Å²) in [4.78, 5) is 23.2. The summed E-state index contributed by atoms with van der Waals surface area (Å²) in [6, 6.07) is 13.3. The van der Waals surface area contributed by atoms with Crippen molar-refractivity contribution in [3.63, 3.8) is 0 Å². The van der Waals surface area contributed by atoms with Crippen LogP contribution in [0.2, 0.25) is 0 Å². The van der Waals surface area contributed by atoms with Crippen LogP contribution in [0, 0.1) is 0 Å². The summed E-state index contributed by atoms with van der Waals surface area (Å²) in [5, 5.41) is 5.87. The van der Waals surface area contributed by atoms with Crippen molar-refractivity contribution in [2.45, 2.75) is 13.0 Å². The Kier molecular flexibility index (Phi) is 5.19. The second-order valence-corrected chi connectivity index (χ2v) is 5.00. The van der Waals surface area contributed by atoms with Gasteiger partial charge in [0.25, 0.3) is 0 Å². The minimum absolute atomic E-state index is 0.206. The summed E-state index contributed by atoms with van der Waals surface area (Å²) in [5.41, 5.74) is 6.90. The van der Waals surface area contributed by atoms with Gasteiger partial charge in [-0.3, -0.25) is 9.59 Å². The van der Waals surface area contributed by atoms with E-state index in [9.17, 15) is 9.59 Å². The van der Waals surface area contributed by atoms with Gasteiger partial charge in [0.1, 0.15) is 11.8 Å². The van der Waals surface area contributed by atoms with Gasteiger partial charge in [0.05, 0.1) is 12.8 Å². The second kappa shape index (κ2) is 7.31. The second-order valence-electron chi connectivity index (χ2n) is 5.00. The van der Waals surface area contributed by atoms with Crippen LogP contribution in [0.15, 0.2) is 48.5 Å². The lowest BCUT2D eigenvalue weighted by atomic mass is 10.2. The first-order chi connectivity index (χ1) is 11.0. The zero-order valence-corrected chi connectivity index (χ0v) is 13.0. The molecule has 0 bridgehead atoms. The fourth-order valence-corrected chi connectivity index (χ4v) is 2.03. The van der Waals surface area contributed by atoms with E-state index >= 15 is 0 Å². The number of hydrogen-bond acceptors (Lipinski definition) is 4. The zero-order chi connectivity index (χ0) is 16.8. The van der Waals surface area contributed by atoms with Gasteiger partial charge in [0.15, 0.2) is 0 Å². The van der Waals surface area contributed by atoms with Gasteiger partial charge in [0.2, 0.25) is 11.8 Å². The van der Waals surface area contributed by atoms with Crippen molar-refractivity contribution >= 4 is 23.2 Å². The number of methoxy groups -OCH3 is 1. The van der Waals surface area contributed by atoms with E-state index in [4.69, 9.17) is 10.5 Å². The molecule has 0 heterocycles. The Bertz CT molecular complexity index is 698. The molecule has 23 heavy (non-hydrogen) atoms. The van der Waals surface area contributed by atoms with Gasteiger partial charge in [-0.15, -0.1) is 0 Å². The number of rotatable bonds is 6. The third-order valence-electron chi connectivity index (χ3n) is 3.31. The predicted octanol–water partition coefficient (Wildman–Crippen LogP) is 2.23. The lowest BCUT2D eigenvalue weighted by Gasteiger charge is -2.17. The molecular formula is C17H19N3O3. The number of nitrogens with one attached hydrogen (secondary N) is 2. The molecule has 0 aliphatic rings. The SMILES string of the molecule is COc1ccccc1N[C@@H](C)C(=O)Nc1ccc(C(N)=O)cc1. The first-order valence-corrected chi connectivity index (χ1v) is 7.11. The van der Waals surface area contributed by atoms with Gasteiger partial charge < -0.3 is 21.1 Å². The van der Waals surface area contributed by atoms with E-state index in [2.05, 4.69) is 10.6 Å². The quantitative estimate of drug-likeness (QED) is 0.762. The van der Waals surface area contributed by atoms with Crippen LogP contribution >= 0.6 is 0 Å². The Balaban J connectivity index is 2.01. The van der Waals surface area contributed by atoms with Crippen LogP contribution in [0.4, 0.5) is 11.4 Å². The Morgan fingerprint density at radius 1 is 1.09 bits per heavy atom. The molecule has 0 spiro atoms. The molecular weight excluding hydrogens is 294 g/mol. The van der Waals surface area contributed by atoms with Crippen molar-refractivity contribution in [3.8, 4) is 5.75 Å². The van der Waals surface area contributed by atoms with Crippen LogP contribution in [0.25, 0.3) is 0 Å². The maximum absolute atomic E-state index is 12.2. The molecule has 0 aromatic heterocycles. The van der Waals surface area contributed by atoms with Crippen LogP contribution < -0.4 is 21.1 Å². The summed E-state index contributed by atoms with van der Waals surface area (Å²) in [6.45, 7) is 1.75. The zero-order valence-electron chi connectivity index (χ0n) is 13.0. The average molecular weight is 313 g/mol. The Morgan fingerprint density at radius 2 is 1.74 bits per heavy atom. The highest BCUT2D eigenvalue weighted by Gasteiger charge is 2.14. The normalized spacial score (nSPS) is 11.4. The van der Waals surface area contributed by atoms with E-state index in [0.717, 1.165) is 5.69 Å². The fourth-order valence-electron chi connectivity index (χ4n) is 2.03. The predicted molar refractivity (Wildman–Crippen MR) is 89.7 cm³/mol. The topological polar surface area (TPSA) is 93.4 Å². The largest absolute Gasteiger partial charge is 0.495 e. The van der Waals surface area contributed by atoms with Gasteiger partial charge in [-0.05, 0) is 43.3 Å². The average Bonchev–Trinajstić information content (AvgIpc) is 2.55. The van der Waals surface area contributed by atoms with E-state index in [1.54, 1.807) is 38.3 Å². The molecule has 4 N–H and O–H groups in total. The van der Waals surface area contributed by atoms with Gasteiger partial charge in [-0.2, -0.15) is 0 Å².